The monoisotopic (exact) mass is 357 g/mol. The smallest absolute Gasteiger partial charge is 0.408 e. The predicted molar refractivity (Wildman–Crippen MR) is 80.6 cm³/mol. The standard InChI is InChI=1S/C17H18F3NO4/c18-17(19,20)12-6-15(7-12)9-16(10-15,13(22)23)21-14(24)25-8-11-4-2-1-3-5-11/h1-5,12H,6-10H2,(H,21,24)(H,22,23). The number of ether oxygens (including phenoxy) is 1. The second kappa shape index (κ2) is 5.93. The molecule has 1 amide bonds. The summed E-state index contributed by atoms with van der Waals surface area (Å²) in [5, 5.41) is 11.7. The summed E-state index contributed by atoms with van der Waals surface area (Å²) in [6, 6.07) is 8.87. The van der Waals surface area contributed by atoms with E-state index in [0.29, 0.717) is 0 Å². The van der Waals surface area contributed by atoms with Crippen LogP contribution in [0.15, 0.2) is 30.3 Å². The fraction of sp³-hybridized carbons (Fsp3) is 0.529. The third kappa shape index (κ3) is 3.43. The van der Waals surface area contributed by atoms with Gasteiger partial charge < -0.3 is 15.2 Å². The van der Waals surface area contributed by atoms with Crippen LogP contribution in [0, 0.1) is 11.3 Å². The number of carboxylic acid groups (broad SMARTS) is 1. The van der Waals surface area contributed by atoms with E-state index in [0.717, 1.165) is 5.56 Å². The van der Waals surface area contributed by atoms with Crippen molar-refractivity contribution in [2.24, 2.45) is 11.3 Å². The maximum atomic E-state index is 12.6. The highest BCUT2D eigenvalue weighted by Crippen LogP contribution is 2.65. The lowest BCUT2D eigenvalue weighted by molar-refractivity contribution is -0.244. The second-order valence-electron chi connectivity index (χ2n) is 7.07. The fourth-order valence-corrected chi connectivity index (χ4v) is 3.98. The minimum atomic E-state index is -4.24. The first-order chi connectivity index (χ1) is 11.6. The summed E-state index contributed by atoms with van der Waals surface area (Å²) >= 11 is 0. The number of hydrogen-bond donors (Lipinski definition) is 2. The fourth-order valence-electron chi connectivity index (χ4n) is 3.98. The van der Waals surface area contributed by atoms with Crippen molar-refractivity contribution in [3.63, 3.8) is 0 Å². The van der Waals surface area contributed by atoms with E-state index in [4.69, 9.17) is 4.74 Å². The van der Waals surface area contributed by atoms with Crippen LogP contribution in [0.3, 0.4) is 0 Å². The van der Waals surface area contributed by atoms with Crippen molar-refractivity contribution in [3.8, 4) is 0 Å². The molecule has 3 rings (SSSR count). The summed E-state index contributed by atoms with van der Waals surface area (Å²) in [6.45, 7) is -0.0103. The van der Waals surface area contributed by atoms with Crippen LogP contribution in [0.5, 0.6) is 0 Å². The Bertz CT molecular complexity index is 660. The first kappa shape index (κ1) is 17.6. The van der Waals surface area contributed by atoms with Crippen LogP contribution in [0.4, 0.5) is 18.0 Å². The number of carboxylic acids is 1. The number of halogens is 3. The van der Waals surface area contributed by atoms with E-state index in [1.54, 1.807) is 24.3 Å². The molecular weight excluding hydrogens is 339 g/mol. The highest BCUT2D eigenvalue weighted by Gasteiger charge is 2.68. The number of nitrogens with one attached hydrogen (secondary N) is 1. The molecule has 0 aliphatic heterocycles. The Morgan fingerprint density at radius 1 is 1.20 bits per heavy atom. The Morgan fingerprint density at radius 2 is 1.80 bits per heavy atom. The normalized spacial score (nSPS) is 30.9. The number of carbonyl (C=O) groups excluding carboxylic acids is 1. The van der Waals surface area contributed by atoms with Crippen molar-refractivity contribution in [1.29, 1.82) is 0 Å². The van der Waals surface area contributed by atoms with Gasteiger partial charge in [-0.05, 0) is 36.7 Å². The Labute approximate surface area is 142 Å². The van der Waals surface area contributed by atoms with Crippen LogP contribution >= 0.6 is 0 Å². The summed E-state index contributed by atoms with van der Waals surface area (Å²) in [7, 11) is 0. The summed E-state index contributed by atoms with van der Waals surface area (Å²) < 4.78 is 42.9. The zero-order valence-electron chi connectivity index (χ0n) is 13.3. The first-order valence-corrected chi connectivity index (χ1v) is 7.93. The minimum absolute atomic E-state index is 0.00233. The lowest BCUT2D eigenvalue weighted by Crippen LogP contribution is -2.70. The third-order valence-corrected chi connectivity index (χ3v) is 5.14. The van der Waals surface area contributed by atoms with Crippen molar-refractivity contribution in [3.05, 3.63) is 35.9 Å². The highest BCUT2D eigenvalue weighted by atomic mass is 19.4. The molecule has 0 heterocycles. The Kier molecular flexibility index (Phi) is 4.17. The molecule has 0 radical (unpaired) electrons. The van der Waals surface area contributed by atoms with Crippen molar-refractivity contribution >= 4 is 12.1 Å². The van der Waals surface area contributed by atoms with Gasteiger partial charge in [-0.2, -0.15) is 13.2 Å². The number of rotatable bonds is 4. The van der Waals surface area contributed by atoms with Crippen LogP contribution < -0.4 is 5.32 Å². The molecule has 5 nitrogen and oxygen atoms in total. The zero-order chi connectivity index (χ0) is 18.3. The van der Waals surface area contributed by atoms with Gasteiger partial charge in [0.05, 0.1) is 5.92 Å². The van der Waals surface area contributed by atoms with Gasteiger partial charge in [0, 0.05) is 0 Å². The van der Waals surface area contributed by atoms with E-state index < -0.39 is 35.1 Å². The van der Waals surface area contributed by atoms with E-state index in [9.17, 15) is 27.9 Å². The number of aliphatic carboxylic acids is 1. The Morgan fingerprint density at radius 3 is 2.32 bits per heavy atom. The van der Waals surface area contributed by atoms with Gasteiger partial charge in [0.25, 0.3) is 0 Å². The maximum Gasteiger partial charge on any atom is 0.408 e. The first-order valence-electron chi connectivity index (χ1n) is 7.93. The molecule has 2 N–H and O–H groups in total. The molecule has 0 unspecified atom stereocenters. The number of alkyl carbamates (subject to hydrolysis) is 1. The Balaban J connectivity index is 1.53. The average molecular weight is 357 g/mol. The lowest BCUT2D eigenvalue weighted by atomic mass is 9.45. The largest absolute Gasteiger partial charge is 0.480 e. The van der Waals surface area contributed by atoms with Gasteiger partial charge in [0.1, 0.15) is 12.1 Å². The second-order valence-corrected chi connectivity index (χ2v) is 7.07. The molecule has 1 aromatic carbocycles. The summed E-state index contributed by atoms with van der Waals surface area (Å²) in [5.41, 5.74) is -1.42. The molecule has 0 aromatic heterocycles. The minimum Gasteiger partial charge on any atom is -0.480 e. The number of alkyl halides is 3. The molecule has 136 valence electrons. The van der Waals surface area contributed by atoms with Gasteiger partial charge in [-0.1, -0.05) is 30.3 Å². The average Bonchev–Trinajstić information content (AvgIpc) is 2.45. The molecule has 2 aliphatic rings. The van der Waals surface area contributed by atoms with Crippen LogP contribution in [-0.4, -0.2) is 28.9 Å². The number of carbonyl (C=O) groups is 2. The van der Waals surface area contributed by atoms with Crippen molar-refractivity contribution in [1.82, 2.24) is 5.32 Å². The van der Waals surface area contributed by atoms with Gasteiger partial charge in [-0.15, -0.1) is 0 Å². The van der Waals surface area contributed by atoms with Crippen molar-refractivity contribution in [2.45, 2.75) is 44.0 Å². The molecule has 1 spiro atoms. The third-order valence-electron chi connectivity index (χ3n) is 5.14. The van der Waals surface area contributed by atoms with E-state index in [-0.39, 0.29) is 32.3 Å². The maximum absolute atomic E-state index is 12.6. The van der Waals surface area contributed by atoms with Crippen LogP contribution in [0.1, 0.15) is 31.2 Å². The predicted octanol–water partition coefficient (Wildman–Crippen LogP) is 3.49. The number of hydrogen-bond acceptors (Lipinski definition) is 3. The van der Waals surface area contributed by atoms with Crippen molar-refractivity contribution in [2.75, 3.05) is 0 Å². The number of benzene rings is 1. The highest BCUT2D eigenvalue weighted by molar-refractivity contribution is 5.86. The molecular formula is C17H18F3NO4. The topological polar surface area (TPSA) is 75.6 Å². The van der Waals surface area contributed by atoms with E-state index in [1.165, 1.54) is 0 Å². The molecule has 25 heavy (non-hydrogen) atoms. The van der Waals surface area contributed by atoms with E-state index in [2.05, 4.69) is 5.32 Å². The molecule has 8 heteroatoms. The lowest BCUT2D eigenvalue weighted by Gasteiger charge is -2.61. The van der Waals surface area contributed by atoms with Gasteiger partial charge in [-0.3, -0.25) is 0 Å². The molecule has 0 atom stereocenters. The molecule has 2 fully saturated rings. The SMILES string of the molecule is O=C(NC1(C(=O)O)CC2(CC(C(F)(F)F)C2)C1)OCc1ccccc1. The summed E-state index contributed by atoms with van der Waals surface area (Å²) in [6.07, 6.45) is -5.27. The molecule has 0 saturated heterocycles. The van der Waals surface area contributed by atoms with Gasteiger partial charge >= 0.3 is 18.2 Å². The van der Waals surface area contributed by atoms with Crippen LogP contribution in [0.25, 0.3) is 0 Å². The summed E-state index contributed by atoms with van der Waals surface area (Å²) in [4.78, 5) is 23.4. The van der Waals surface area contributed by atoms with E-state index in [1.807, 2.05) is 6.07 Å². The molecule has 1 aromatic rings. The van der Waals surface area contributed by atoms with Gasteiger partial charge in [0.15, 0.2) is 0 Å². The molecule has 2 aliphatic carbocycles. The van der Waals surface area contributed by atoms with Crippen LogP contribution in [0.2, 0.25) is 0 Å². The number of amides is 1. The quantitative estimate of drug-likeness (QED) is 0.865. The van der Waals surface area contributed by atoms with Crippen molar-refractivity contribution < 1.29 is 32.6 Å². The van der Waals surface area contributed by atoms with E-state index >= 15 is 0 Å². The zero-order valence-corrected chi connectivity index (χ0v) is 13.3. The summed E-state index contributed by atoms with van der Waals surface area (Å²) in [5.74, 6) is -2.62. The molecule has 0 bridgehead atoms. The molecule has 2 saturated carbocycles. The Hall–Kier alpha value is -2.25. The van der Waals surface area contributed by atoms with Crippen LogP contribution in [-0.2, 0) is 16.1 Å². The van der Waals surface area contributed by atoms with Gasteiger partial charge in [-0.25, -0.2) is 9.59 Å². The van der Waals surface area contributed by atoms with Gasteiger partial charge in [0.2, 0.25) is 0 Å².